The lowest BCUT2D eigenvalue weighted by molar-refractivity contribution is -0.144. The Bertz CT molecular complexity index is 1030. The van der Waals surface area contributed by atoms with Crippen molar-refractivity contribution in [3.05, 3.63) is 54.4 Å². The minimum atomic E-state index is -0.707. The molecule has 3 amide bonds. The summed E-state index contributed by atoms with van der Waals surface area (Å²) < 4.78 is 0. The molecule has 2 aliphatic rings. The van der Waals surface area contributed by atoms with E-state index in [0.717, 1.165) is 29.5 Å². The summed E-state index contributed by atoms with van der Waals surface area (Å²) in [6.07, 6.45) is 5.82. The van der Waals surface area contributed by atoms with Crippen molar-refractivity contribution in [2.75, 3.05) is 33.2 Å². The SMILES string of the molecule is CCNC(=O)[C@]1(Cc2ccccc2-c2ccncc2)CCCN(C(=O)[C@@H]2CC(=O)N(C)C2)C1. The van der Waals surface area contributed by atoms with Gasteiger partial charge in [0.2, 0.25) is 17.7 Å². The summed E-state index contributed by atoms with van der Waals surface area (Å²) >= 11 is 0. The van der Waals surface area contributed by atoms with Crippen LogP contribution < -0.4 is 5.32 Å². The summed E-state index contributed by atoms with van der Waals surface area (Å²) in [4.78, 5) is 46.3. The molecule has 2 aliphatic heterocycles. The van der Waals surface area contributed by atoms with E-state index in [2.05, 4.69) is 22.4 Å². The first kappa shape index (κ1) is 23.0. The molecule has 4 rings (SSSR count). The molecule has 2 saturated heterocycles. The quantitative estimate of drug-likeness (QED) is 0.736. The number of carbonyl (C=O) groups is 3. The van der Waals surface area contributed by atoms with Gasteiger partial charge in [-0.15, -0.1) is 0 Å². The van der Waals surface area contributed by atoms with E-state index < -0.39 is 5.41 Å². The molecule has 174 valence electrons. The Morgan fingerprint density at radius 2 is 1.94 bits per heavy atom. The van der Waals surface area contributed by atoms with E-state index in [1.54, 1.807) is 24.3 Å². The van der Waals surface area contributed by atoms with Gasteiger partial charge in [-0.2, -0.15) is 0 Å². The molecule has 0 radical (unpaired) electrons. The Morgan fingerprint density at radius 1 is 1.18 bits per heavy atom. The van der Waals surface area contributed by atoms with Gasteiger partial charge in [-0.05, 0) is 55.0 Å². The van der Waals surface area contributed by atoms with E-state index in [1.165, 1.54) is 0 Å². The van der Waals surface area contributed by atoms with Crippen molar-refractivity contribution in [1.29, 1.82) is 0 Å². The fourth-order valence-corrected chi connectivity index (χ4v) is 5.22. The van der Waals surface area contributed by atoms with Crippen LogP contribution in [0.3, 0.4) is 0 Å². The Morgan fingerprint density at radius 3 is 2.64 bits per heavy atom. The number of piperidine rings is 1. The normalized spacial score (nSPS) is 23.0. The molecular formula is C26H32N4O3. The van der Waals surface area contributed by atoms with Crippen LogP contribution >= 0.6 is 0 Å². The average Bonchev–Trinajstić information content (AvgIpc) is 3.18. The summed E-state index contributed by atoms with van der Waals surface area (Å²) in [6.45, 7) is 3.91. The van der Waals surface area contributed by atoms with Crippen LogP contribution in [0.4, 0.5) is 0 Å². The van der Waals surface area contributed by atoms with Gasteiger partial charge in [0.05, 0.1) is 11.3 Å². The summed E-state index contributed by atoms with van der Waals surface area (Å²) in [5.41, 5.74) is 2.51. The first-order chi connectivity index (χ1) is 15.9. The number of amides is 3. The molecule has 1 aromatic heterocycles. The van der Waals surface area contributed by atoms with E-state index in [1.807, 2.05) is 36.1 Å². The molecule has 2 atom stereocenters. The lowest BCUT2D eigenvalue weighted by atomic mass is 9.73. The molecule has 0 spiro atoms. The molecule has 2 fully saturated rings. The topological polar surface area (TPSA) is 82.6 Å². The smallest absolute Gasteiger partial charge is 0.228 e. The van der Waals surface area contributed by atoms with Crippen LogP contribution in [-0.4, -0.2) is 65.7 Å². The number of benzene rings is 1. The van der Waals surface area contributed by atoms with Gasteiger partial charge in [-0.3, -0.25) is 19.4 Å². The zero-order chi connectivity index (χ0) is 23.4. The second-order valence-corrected chi connectivity index (χ2v) is 9.25. The highest BCUT2D eigenvalue weighted by Gasteiger charge is 2.45. The minimum absolute atomic E-state index is 0.00614. The van der Waals surface area contributed by atoms with E-state index >= 15 is 0 Å². The zero-order valence-corrected chi connectivity index (χ0v) is 19.4. The van der Waals surface area contributed by atoms with Crippen molar-refractivity contribution in [3.8, 4) is 11.1 Å². The molecule has 1 aromatic carbocycles. The average molecular weight is 449 g/mol. The van der Waals surface area contributed by atoms with Crippen molar-refractivity contribution >= 4 is 17.7 Å². The fourth-order valence-electron chi connectivity index (χ4n) is 5.22. The molecule has 33 heavy (non-hydrogen) atoms. The van der Waals surface area contributed by atoms with Crippen LogP contribution in [0.5, 0.6) is 0 Å². The van der Waals surface area contributed by atoms with Crippen molar-refractivity contribution in [1.82, 2.24) is 20.1 Å². The predicted octanol–water partition coefficient (Wildman–Crippen LogP) is 2.51. The molecule has 0 saturated carbocycles. The van der Waals surface area contributed by atoms with E-state index in [9.17, 15) is 14.4 Å². The van der Waals surface area contributed by atoms with Crippen LogP contribution in [-0.2, 0) is 20.8 Å². The van der Waals surface area contributed by atoms with Crippen LogP contribution in [0, 0.1) is 11.3 Å². The Hall–Kier alpha value is -3.22. The maximum Gasteiger partial charge on any atom is 0.228 e. The monoisotopic (exact) mass is 448 g/mol. The lowest BCUT2D eigenvalue weighted by Crippen LogP contribution is -2.55. The van der Waals surface area contributed by atoms with E-state index in [-0.39, 0.29) is 30.1 Å². The largest absolute Gasteiger partial charge is 0.356 e. The lowest BCUT2D eigenvalue weighted by Gasteiger charge is -2.42. The summed E-state index contributed by atoms with van der Waals surface area (Å²) in [6, 6.07) is 12.1. The van der Waals surface area contributed by atoms with Gasteiger partial charge in [0.15, 0.2) is 0 Å². The third kappa shape index (κ3) is 4.77. The molecule has 7 nitrogen and oxygen atoms in total. The van der Waals surface area contributed by atoms with Gasteiger partial charge in [0.25, 0.3) is 0 Å². The molecule has 0 aliphatic carbocycles. The number of nitrogens with one attached hydrogen (secondary N) is 1. The third-order valence-corrected chi connectivity index (χ3v) is 6.94. The molecular weight excluding hydrogens is 416 g/mol. The molecule has 0 unspecified atom stereocenters. The highest BCUT2D eigenvalue weighted by molar-refractivity contribution is 5.90. The van der Waals surface area contributed by atoms with Crippen molar-refractivity contribution < 1.29 is 14.4 Å². The standard InChI is InChI=1S/C26H32N4O3/c1-3-28-25(33)26(16-20-7-4-5-8-22(20)19-9-12-27-13-10-19)11-6-14-30(18-26)24(32)21-15-23(31)29(2)17-21/h4-5,7-10,12-13,21H,3,6,11,14-18H2,1-2H3,(H,28,33)/t21-,26+/m1/s1. The summed E-state index contributed by atoms with van der Waals surface area (Å²) in [7, 11) is 1.74. The highest BCUT2D eigenvalue weighted by atomic mass is 16.2. The first-order valence-corrected chi connectivity index (χ1v) is 11.7. The zero-order valence-electron chi connectivity index (χ0n) is 19.4. The number of rotatable bonds is 6. The van der Waals surface area contributed by atoms with Gasteiger partial charge in [-0.25, -0.2) is 0 Å². The fraction of sp³-hybridized carbons (Fsp3) is 0.462. The van der Waals surface area contributed by atoms with Gasteiger partial charge in [0, 0.05) is 52.0 Å². The van der Waals surface area contributed by atoms with Crippen LogP contribution in [0.15, 0.2) is 48.8 Å². The molecule has 1 N–H and O–H groups in total. The maximum atomic E-state index is 13.4. The number of aromatic nitrogens is 1. The van der Waals surface area contributed by atoms with Crippen molar-refractivity contribution in [3.63, 3.8) is 0 Å². The molecule has 7 heteroatoms. The van der Waals surface area contributed by atoms with Crippen molar-refractivity contribution in [2.45, 2.75) is 32.6 Å². The minimum Gasteiger partial charge on any atom is -0.356 e. The van der Waals surface area contributed by atoms with Crippen LogP contribution in [0.25, 0.3) is 11.1 Å². The molecule has 0 bridgehead atoms. The Balaban J connectivity index is 1.63. The van der Waals surface area contributed by atoms with E-state index in [4.69, 9.17) is 0 Å². The van der Waals surface area contributed by atoms with E-state index in [0.29, 0.717) is 32.6 Å². The summed E-state index contributed by atoms with van der Waals surface area (Å²) in [5, 5.41) is 3.03. The van der Waals surface area contributed by atoms with Gasteiger partial charge in [0.1, 0.15) is 0 Å². The second kappa shape index (κ2) is 9.73. The maximum absolute atomic E-state index is 13.4. The number of hydrogen-bond donors (Lipinski definition) is 1. The van der Waals surface area contributed by atoms with Crippen LogP contribution in [0.2, 0.25) is 0 Å². The van der Waals surface area contributed by atoms with Gasteiger partial charge < -0.3 is 15.1 Å². The first-order valence-electron chi connectivity index (χ1n) is 11.7. The Kier molecular flexibility index (Phi) is 6.77. The number of hydrogen-bond acceptors (Lipinski definition) is 4. The molecule has 3 heterocycles. The van der Waals surface area contributed by atoms with Crippen molar-refractivity contribution in [2.24, 2.45) is 11.3 Å². The number of pyridine rings is 1. The van der Waals surface area contributed by atoms with Gasteiger partial charge >= 0.3 is 0 Å². The second-order valence-electron chi connectivity index (χ2n) is 9.25. The number of nitrogens with zero attached hydrogens (tertiary/aromatic N) is 3. The summed E-state index contributed by atoms with van der Waals surface area (Å²) in [5.74, 6) is -0.335. The van der Waals surface area contributed by atoms with Gasteiger partial charge in [-0.1, -0.05) is 24.3 Å². The number of carbonyl (C=O) groups excluding carboxylic acids is 3. The number of likely N-dealkylation sites (tertiary alicyclic amines) is 2. The highest BCUT2D eigenvalue weighted by Crippen LogP contribution is 2.38. The van der Waals surface area contributed by atoms with Crippen LogP contribution in [0.1, 0.15) is 31.7 Å². The molecule has 2 aromatic rings. The predicted molar refractivity (Wildman–Crippen MR) is 126 cm³/mol. The third-order valence-electron chi connectivity index (χ3n) is 6.94. The Labute approximate surface area is 195 Å².